The Morgan fingerprint density at radius 3 is 2.21 bits per heavy atom. The minimum Gasteiger partial charge on any atom is -0.480 e. The van der Waals surface area contributed by atoms with E-state index in [1.807, 2.05) is 30.3 Å². The Morgan fingerprint density at radius 1 is 1.04 bits per heavy atom. The van der Waals surface area contributed by atoms with Gasteiger partial charge in [-0.1, -0.05) is 30.3 Å². The van der Waals surface area contributed by atoms with E-state index in [1.54, 1.807) is 5.32 Å². The minimum absolute atomic E-state index is 0.0757. The molecule has 2 amide bonds. The van der Waals surface area contributed by atoms with Crippen molar-refractivity contribution in [1.82, 2.24) is 10.6 Å². The molecule has 0 spiro atoms. The fourth-order valence-corrected chi connectivity index (χ4v) is 2.56. The highest BCUT2D eigenvalue weighted by Gasteiger charge is 2.38. The van der Waals surface area contributed by atoms with Gasteiger partial charge in [-0.3, -0.25) is 19.7 Å². The van der Waals surface area contributed by atoms with Crippen molar-refractivity contribution in [3.05, 3.63) is 35.9 Å². The highest BCUT2D eigenvalue weighted by atomic mass is 19.4. The average molecular weight is 403 g/mol. The molecular formula is C18H24F3N3O4. The van der Waals surface area contributed by atoms with Crippen molar-refractivity contribution in [1.29, 1.82) is 0 Å². The van der Waals surface area contributed by atoms with Gasteiger partial charge in [-0.05, 0) is 37.7 Å². The number of aliphatic carboxylic acids is 1. The zero-order valence-corrected chi connectivity index (χ0v) is 15.2. The summed E-state index contributed by atoms with van der Waals surface area (Å²) in [5, 5.41) is 13.7. The number of rotatable bonds is 12. The topological polar surface area (TPSA) is 122 Å². The number of aryl methyl sites for hydroxylation is 1. The van der Waals surface area contributed by atoms with Crippen LogP contribution in [0.25, 0.3) is 0 Å². The van der Waals surface area contributed by atoms with Crippen LogP contribution in [0, 0.1) is 0 Å². The average Bonchev–Trinajstić information content (AvgIpc) is 2.62. The van der Waals surface area contributed by atoms with Gasteiger partial charge in [0.1, 0.15) is 6.04 Å². The summed E-state index contributed by atoms with van der Waals surface area (Å²) in [7, 11) is 0. The molecule has 5 N–H and O–H groups in total. The summed E-state index contributed by atoms with van der Waals surface area (Å²) in [6.07, 6.45) is -3.63. The normalized spacial score (nSPS) is 13.5. The molecule has 10 heteroatoms. The molecule has 0 aliphatic rings. The quantitative estimate of drug-likeness (QED) is 0.393. The first-order valence-electron chi connectivity index (χ1n) is 8.78. The number of amides is 2. The lowest BCUT2D eigenvalue weighted by Gasteiger charge is -2.21. The third kappa shape index (κ3) is 8.85. The van der Waals surface area contributed by atoms with Crippen LogP contribution in [-0.2, 0) is 20.8 Å². The number of halogens is 3. The number of carbonyl (C=O) groups excluding carboxylic acids is 2. The van der Waals surface area contributed by atoms with Gasteiger partial charge >= 0.3 is 18.1 Å². The third-order valence-electron chi connectivity index (χ3n) is 4.07. The van der Waals surface area contributed by atoms with E-state index in [2.05, 4.69) is 5.32 Å². The van der Waals surface area contributed by atoms with Gasteiger partial charge < -0.3 is 16.2 Å². The van der Waals surface area contributed by atoms with Crippen molar-refractivity contribution in [2.75, 3.05) is 6.54 Å². The number of hydrogen-bond donors (Lipinski definition) is 4. The Labute approximate surface area is 160 Å². The second-order valence-electron chi connectivity index (χ2n) is 6.29. The molecule has 0 aliphatic heterocycles. The number of carboxylic acids is 1. The van der Waals surface area contributed by atoms with Crippen LogP contribution in [0.3, 0.4) is 0 Å². The standard InChI is InChI=1S/C18H24F3N3O4/c19-18(20,21)17(28)23-11-5-4-8-14(16(26)27)24-13(15(22)25)10-9-12-6-2-1-3-7-12/h1-3,6-7,13-14,24H,4-5,8-11H2,(H2,22,25)(H,23,28)(H,26,27)/t13-,14-/m0/s1. The van der Waals surface area contributed by atoms with Crippen molar-refractivity contribution < 1.29 is 32.7 Å². The Balaban J connectivity index is 2.46. The maximum Gasteiger partial charge on any atom is 0.471 e. The summed E-state index contributed by atoms with van der Waals surface area (Å²) in [5.41, 5.74) is 6.33. The molecule has 0 aromatic heterocycles. The summed E-state index contributed by atoms with van der Waals surface area (Å²) >= 11 is 0. The molecule has 0 saturated heterocycles. The summed E-state index contributed by atoms with van der Waals surface area (Å²) in [6, 6.07) is 7.37. The third-order valence-corrected chi connectivity index (χ3v) is 4.07. The molecule has 1 aromatic rings. The van der Waals surface area contributed by atoms with Gasteiger partial charge in [-0.2, -0.15) is 13.2 Å². The predicted molar refractivity (Wildman–Crippen MR) is 95.2 cm³/mol. The van der Waals surface area contributed by atoms with E-state index in [1.165, 1.54) is 0 Å². The Hall–Kier alpha value is -2.62. The first-order chi connectivity index (χ1) is 13.1. The highest BCUT2D eigenvalue weighted by molar-refractivity contribution is 5.82. The van der Waals surface area contributed by atoms with Crippen LogP contribution >= 0.6 is 0 Å². The van der Waals surface area contributed by atoms with Crippen molar-refractivity contribution in [2.45, 2.75) is 50.4 Å². The van der Waals surface area contributed by atoms with Crippen LogP contribution in [0.4, 0.5) is 13.2 Å². The van der Waals surface area contributed by atoms with Crippen LogP contribution in [0.1, 0.15) is 31.2 Å². The fourth-order valence-electron chi connectivity index (χ4n) is 2.56. The molecular weight excluding hydrogens is 379 g/mol. The first kappa shape index (κ1) is 23.4. The molecule has 0 heterocycles. The first-order valence-corrected chi connectivity index (χ1v) is 8.78. The number of primary amides is 1. The van der Waals surface area contributed by atoms with E-state index in [-0.39, 0.29) is 25.8 Å². The van der Waals surface area contributed by atoms with Crippen LogP contribution in [0.2, 0.25) is 0 Å². The summed E-state index contributed by atoms with van der Waals surface area (Å²) < 4.78 is 36.2. The lowest BCUT2D eigenvalue weighted by atomic mass is 10.0. The van der Waals surface area contributed by atoms with Crippen molar-refractivity contribution in [3.8, 4) is 0 Å². The predicted octanol–water partition coefficient (Wildman–Crippen LogP) is 1.36. The molecule has 0 aliphatic carbocycles. The molecule has 0 fully saturated rings. The fraction of sp³-hybridized carbons (Fsp3) is 0.500. The second-order valence-corrected chi connectivity index (χ2v) is 6.29. The van der Waals surface area contributed by atoms with Crippen molar-refractivity contribution >= 4 is 17.8 Å². The minimum atomic E-state index is -4.95. The molecule has 1 rings (SSSR count). The lowest BCUT2D eigenvalue weighted by molar-refractivity contribution is -0.173. The van der Waals surface area contributed by atoms with E-state index in [0.29, 0.717) is 12.8 Å². The molecule has 0 unspecified atom stereocenters. The Bertz CT molecular complexity index is 653. The van der Waals surface area contributed by atoms with E-state index in [4.69, 9.17) is 5.73 Å². The van der Waals surface area contributed by atoms with Crippen LogP contribution in [0.15, 0.2) is 30.3 Å². The van der Waals surface area contributed by atoms with Gasteiger partial charge in [-0.25, -0.2) is 0 Å². The van der Waals surface area contributed by atoms with E-state index < -0.39 is 36.0 Å². The molecule has 1 aromatic carbocycles. The number of unbranched alkanes of at least 4 members (excludes halogenated alkanes) is 1. The van der Waals surface area contributed by atoms with Gasteiger partial charge in [0.05, 0.1) is 6.04 Å². The number of hydrogen-bond acceptors (Lipinski definition) is 4. The number of alkyl halides is 3. The Kier molecular flexibility index (Phi) is 9.43. The number of benzene rings is 1. The molecule has 2 atom stereocenters. The van der Waals surface area contributed by atoms with Gasteiger partial charge in [0, 0.05) is 6.54 Å². The maximum atomic E-state index is 12.1. The van der Waals surface area contributed by atoms with Gasteiger partial charge in [0.15, 0.2) is 0 Å². The van der Waals surface area contributed by atoms with Gasteiger partial charge in [0.25, 0.3) is 0 Å². The van der Waals surface area contributed by atoms with Crippen molar-refractivity contribution in [3.63, 3.8) is 0 Å². The molecule has 0 radical (unpaired) electrons. The van der Waals surface area contributed by atoms with Crippen LogP contribution in [-0.4, -0.2) is 47.7 Å². The smallest absolute Gasteiger partial charge is 0.471 e. The van der Waals surface area contributed by atoms with E-state index in [0.717, 1.165) is 5.56 Å². The number of nitrogens with one attached hydrogen (secondary N) is 2. The van der Waals surface area contributed by atoms with Gasteiger partial charge in [0.2, 0.25) is 5.91 Å². The number of carbonyl (C=O) groups is 3. The van der Waals surface area contributed by atoms with Crippen LogP contribution in [0.5, 0.6) is 0 Å². The number of carboxylic acid groups (broad SMARTS) is 1. The largest absolute Gasteiger partial charge is 0.480 e. The second kappa shape index (κ2) is 11.3. The summed E-state index contributed by atoms with van der Waals surface area (Å²) in [5.74, 6) is -3.90. The van der Waals surface area contributed by atoms with Crippen LogP contribution < -0.4 is 16.4 Å². The summed E-state index contributed by atoms with van der Waals surface area (Å²) in [6.45, 7) is -0.224. The molecule has 0 saturated carbocycles. The zero-order valence-electron chi connectivity index (χ0n) is 15.2. The SMILES string of the molecule is NC(=O)[C@H](CCc1ccccc1)N[C@@H](CCCCNC(=O)C(F)(F)F)C(=O)O. The van der Waals surface area contributed by atoms with Crippen molar-refractivity contribution in [2.24, 2.45) is 5.73 Å². The zero-order chi connectivity index (χ0) is 21.2. The Morgan fingerprint density at radius 2 is 1.68 bits per heavy atom. The van der Waals surface area contributed by atoms with E-state index >= 15 is 0 Å². The number of nitrogens with two attached hydrogens (primary N) is 1. The molecule has 7 nitrogen and oxygen atoms in total. The summed E-state index contributed by atoms with van der Waals surface area (Å²) in [4.78, 5) is 33.7. The van der Waals surface area contributed by atoms with Gasteiger partial charge in [-0.15, -0.1) is 0 Å². The molecule has 0 bridgehead atoms. The lowest BCUT2D eigenvalue weighted by Crippen LogP contribution is -2.49. The van der Waals surface area contributed by atoms with E-state index in [9.17, 15) is 32.7 Å². The highest BCUT2D eigenvalue weighted by Crippen LogP contribution is 2.14. The molecule has 28 heavy (non-hydrogen) atoms. The monoisotopic (exact) mass is 403 g/mol. The molecule has 156 valence electrons. The maximum absolute atomic E-state index is 12.1.